The van der Waals surface area contributed by atoms with Gasteiger partial charge in [-0.15, -0.1) is 6.58 Å². The lowest BCUT2D eigenvalue weighted by atomic mass is 10.2. The monoisotopic (exact) mass is 213 g/mol. The summed E-state index contributed by atoms with van der Waals surface area (Å²) in [4.78, 5) is 11.9. The first kappa shape index (κ1) is 10.2. The number of aryl methyl sites for hydroxylation is 1. The molecular formula is C12H11N3O. The van der Waals surface area contributed by atoms with Crippen molar-refractivity contribution in [2.24, 2.45) is 0 Å². The van der Waals surface area contributed by atoms with E-state index in [1.54, 1.807) is 16.7 Å². The molecule has 0 bridgehead atoms. The minimum atomic E-state index is -0.267. The number of pyridine rings is 1. The molecule has 0 radical (unpaired) electrons. The van der Waals surface area contributed by atoms with Crippen LogP contribution in [0.4, 0.5) is 0 Å². The van der Waals surface area contributed by atoms with Gasteiger partial charge in [0, 0.05) is 5.69 Å². The van der Waals surface area contributed by atoms with Crippen LogP contribution in [-0.2, 0) is 6.54 Å². The van der Waals surface area contributed by atoms with Gasteiger partial charge in [-0.05, 0) is 19.1 Å². The Bertz CT molecular complexity index is 655. The number of allylic oxidation sites excluding steroid dienone is 1. The molecule has 80 valence electrons. The highest BCUT2D eigenvalue weighted by atomic mass is 16.1. The SMILES string of the molecule is C=CCn1c(=O)c(C#N)c2cccc(C)n21. The van der Waals surface area contributed by atoms with Crippen molar-refractivity contribution in [3.8, 4) is 6.07 Å². The van der Waals surface area contributed by atoms with Crippen LogP contribution in [-0.4, -0.2) is 9.20 Å². The Morgan fingerprint density at radius 2 is 2.31 bits per heavy atom. The van der Waals surface area contributed by atoms with Gasteiger partial charge in [-0.1, -0.05) is 12.1 Å². The van der Waals surface area contributed by atoms with E-state index in [2.05, 4.69) is 6.58 Å². The normalized spacial score (nSPS) is 10.2. The molecule has 0 spiro atoms. The Labute approximate surface area is 92.6 Å². The maximum atomic E-state index is 11.9. The third kappa shape index (κ3) is 1.26. The lowest BCUT2D eigenvalue weighted by molar-refractivity contribution is 0.617. The van der Waals surface area contributed by atoms with Crippen LogP contribution in [0.1, 0.15) is 11.3 Å². The molecule has 0 aliphatic carbocycles. The largest absolute Gasteiger partial charge is 0.285 e. The number of nitrogens with zero attached hydrogens (tertiary/aromatic N) is 3. The van der Waals surface area contributed by atoms with Crippen molar-refractivity contribution >= 4 is 5.52 Å². The second-order valence-electron chi connectivity index (χ2n) is 3.53. The highest BCUT2D eigenvalue weighted by Crippen LogP contribution is 2.10. The van der Waals surface area contributed by atoms with Gasteiger partial charge < -0.3 is 0 Å². The van der Waals surface area contributed by atoms with Crippen LogP contribution in [0.2, 0.25) is 0 Å². The average molecular weight is 213 g/mol. The van der Waals surface area contributed by atoms with Crippen molar-refractivity contribution in [3.63, 3.8) is 0 Å². The fourth-order valence-corrected chi connectivity index (χ4v) is 1.84. The predicted molar refractivity (Wildman–Crippen MR) is 61.3 cm³/mol. The van der Waals surface area contributed by atoms with Crippen LogP contribution in [0, 0.1) is 18.3 Å². The first-order valence-corrected chi connectivity index (χ1v) is 4.93. The quantitative estimate of drug-likeness (QED) is 0.709. The topological polar surface area (TPSA) is 50.2 Å². The number of nitriles is 1. The molecule has 2 rings (SSSR count). The molecular weight excluding hydrogens is 202 g/mol. The molecule has 0 atom stereocenters. The van der Waals surface area contributed by atoms with Crippen LogP contribution < -0.4 is 5.56 Å². The van der Waals surface area contributed by atoms with E-state index >= 15 is 0 Å². The van der Waals surface area contributed by atoms with E-state index in [0.29, 0.717) is 12.1 Å². The summed E-state index contributed by atoms with van der Waals surface area (Å²) in [6.07, 6.45) is 1.64. The van der Waals surface area contributed by atoms with Gasteiger partial charge in [0.25, 0.3) is 5.56 Å². The zero-order valence-electron chi connectivity index (χ0n) is 8.97. The summed E-state index contributed by atoms with van der Waals surface area (Å²) in [6, 6.07) is 7.46. The maximum absolute atomic E-state index is 11.9. The van der Waals surface area contributed by atoms with Crippen LogP contribution >= 0.6 is 0 Å². The molecule has 2 aromatic rings. The Morgan fingerprint density at radius 1 is 1.56 bits per heavy atom. The zero-order valence-corrected chi connectivity index (χ0v) is 8.97. The molecule has 0 saturated carbocycles. The Balaban J connectivity index is 3.00. The van der Waals surface area contributed by atoms with Gasteiger partial charge in [-0.25, -0.2) is 4.68 Å². The Kier molecular flexibility index (Phi) is 2.37. The van der Waals surface area contributed by atoms with E-state index in [1.807, 2.05) is 25.1 Å². The molecule has 4 nitrogen and oxygen atoms in total. The lowest BCUT2D eigenvalue weighted by Crippen LogP contribution is -2.20. The predicted octanol–water partition coefficient (Wildman–Crippen LogP) is 1.47. The van der Waals surface area contributed by atoms with Gasteiger partial charge in [-0.2, -0.15) is 5.26 Å². The van der Waals surface area contributed by atoms with Crippen LogP contribution in [0.15, 0.2) is 35.6 Å². The summed E-state index contributed by atoms with van der Waals surface area (Å²) in [5.74, 6) is 0. The second kappa shape index (κ2) is 3.70. The number of rotatable bonds is 2. The molecule has 0 aliphatic heterocycles. The lowest BCUT2D eigenvalue weighted by Gasteiger charge is -2.06. The van der Waals surface area contributed by atoms with Crippen molar-refractivity contribution in [1.82, 2.24) is 9.20 Å². The molecule has 4 heteroatoms. The molecule has 0 fully saturated rings. The first-order valence-electron chi connectivity index (χ1n) is 4.93. The van der Waals surface area contributed by atoms with Crippen molar-refractivity contribution in [3.05, 3.63) is 52.5 Å². The average Bonchev–Trinajstić information content (AvgIpc) is 2.54. The Morgan fingerprint density at radius 3 is 2.94 bits per heavy atom. The van der Waals surface area contributed by atoms with Gasteiger partial charge in [-0.3, -0.25) is 9.31 Å². The minimum Gasteiger partial charge on any atom is -0.266 e. The van der Waals surface area contributed by atoms with Crippen molar-refractivity contribution in [2.45, 2.75) is 13.5 Å². The summed E-state index contributed by atoms with van der Waals surface area (Å²) >= 11 is 0. The molecule has 0 unspecified atom stereocenters. The summed E-state index contributed by atoms with van der Waals surface area (Å²) in [5, 5.41) is 8.99. The molecule has 16 heavy (non-hydrogen) atoms. The highest BCUT2D eigenvalue weighted by Gasteiger charge is 2.13. The van der Waals surface area contributed by atoms with Gasteiger partial charge >= 0.3 is 0 Å². The molecule has 0 N–H and O–H groups in total. The van der Waals surface area contributed by atoms with Crippen molar-refractivity contribution in [2.75, 3.05) is 0 Å². The van der Waals surface area contributed by atoms with E-state index in [4.69, 9.17) is 5.26 Å². The number of hydrogen-bond donors (Lipinski definition) is 0. The van der Waals surface area contributed by atoms with Gasteiger partial charge in [0.1, 0.15) is 11.6 Å². The number of aromatic nitrogens is 2. The fourth-order valence-electron chi connectivity index (χ4n) is 1.84. The highest BCUT2D eigenvalue weighted by molar-refractivity contribution is 5.60. The van der Waals surface area contributed by atoms with Crippen LogP contribution in [0.3, 0.4) is 0 Å². The molecule has 0 aliphatic rings. The van der Waals surface area contributed by atoms with E-state index < -0.39 is 0 Å². The fraction of sp³-hybridized carbons (Fsp3) is 0.167. The molecule has 0 aromatic carbocycles. The van der Waals surface area contributed by atoms with Gasteiger partial charge in [0.15, 0.2) is 0 Å². The number of hydrogen-bond acceptors (Lipinski definition) is 2. The molecule has 0 saturated heterocycles. The van der Waals surface area contributed by atoms with Crippen molar-refractivity contribution in [1.29, 1.82) is 5.26 Å². The third-order valence-corrected chi connectivity index (χ3v) is 2.51. The van der Waals surface area contributed by atoms with Crippen LogP contribution in [0.25, 0.3) is 5.52 Å². The summed E-state index contributed by atoms with van der Waals surface area (Å²) in [6.45, 7) is 5.90. The summed E-state index contributed by atoms with van der Waals surface area (Å²) in [5.41, 5.74) is 1.48. The molecule has 2 heterocycles. The molecule has 2 aromatic heterocycles. The van der Waals surface area contributed by atoms with Gasteiger partial charge in [0.2, 0.25) is 0 Å². The van der Waals surface area contributed by atoms with Gasteiger partial charge in [0.05, 0.1) is 12.1 Å². The molecule has 0 amide bonds. The maximum Gasteiger partial charge on any atom is 0.285 e. The van der Waals surface area contributed by atoms with E-state index in [1.165, 1.54) is 4.68 Å². The number of fused-ring (bicyclic) bond motifs is 1. The first-order chi connectivity index (χ1) is 7.70. The minimum absolute atomic E-state index is 0.186. The van der Waals surface area contributed by atoms with E-state index in [-0.39, 0.29) is 11.1 Å². The van der Waals surface area contributed by atoms with Crippen LogP contribution in [0.5, 0.6) is 0 Å². The van der Waals surface area contributed by atoms with E-state index in [9.17, 15) is 4.79 Å². The third-order valence-electron chi connectivity index (χ3n) is 2.51. The standard InChI is InChI=1S/C12H11N3O/c1-3-7-14-12(16)10(8-13)11-6-4-5-9(2)15(11)14/h3-6H,1,7H2,2H3. The zero-order chi connectivity index (χ0) is 11.7. The van der Waals surface area contributed by atoms with Crippen molar-refractivity contribution < 1.29 is 0 Å². The summed E-state index contributed by atoms with van der Waals surface area (Å²) in [7, 11) is 0. The summed E-state index contributed by atoms with van der Waals surface area (Å²) < 4.78 is 3.26. The Hall–Kier alpha value is -2.28. The van der Waals surface area contributed by atoms with E-state index in [0.717, 1.165) is 5.69 Å². The smallest absolute Gasteiger partial charge is 0.266 e. The second-order valence-corrected chi connectivity index (χ2v) is 3.53.